The minimum Gasteiger partial charge on any atom is -0.376 e. The molecule has 0 saturated carbocycles. The summed E-state index contributed by atoms with van der Waals surface area (Å²) in [6, 6.07) is 1.51. The van der Waals surface area contributed by atoms with Crippen LogP contribution in [0.3, 0.4) is 0 Å². The predicted octanol–water partition coefficient (Wildman–Crippen LogP) is 0.661. The lowest BCUT2D eigenvalue weighted by molar-refractivity contribution is -0.0847. The zero-order valence-electron chi connectivity index (χ0n) is 11.8. The maximum Gasteiger partial charge on any atom is 0.0674 e. The van der Waals surface area contributed by atoms with Gasteiger partial charge in [0.15, 0.2) is 0 Å². The van der Waals surface area contributed by atoms with Crippen molar-refractivity contribution in [2.45, 2.75) is 56.3 Å². The molecular weight excluding hydrogens is 226 g/mol. The Balaban J connectivity index is 1.78. The summed E-state index contributed by atoms with van der Waals surface area (Å²) in [5.41, 5.74) is 6.46. The van der Waals surface area contributed by atoms with Gasteiger partial charge in [0, 0.05) is 37.3 Å². The molecule has 3 unspecified atom stereocenters. The summed E-state index contributed by atoms with van der Waals surface area (Å²) in [4.78, 5) is 5.23. The molecule has 3 aliphatic rings. The molecule has 0 spiro atoms. The van der Waals surface area contributed by atoms with E-state index >= 15 is 0 Å². The predicted molar refractivity (Wildman–Crippen MR) is 72.6 cm³/mol. The van der Waals surface area contributed by atoms with Crippen LogP contribution in [0, 0.1) is 0 Å². The Morgan fingerprint density at radius 1 is 1.28 bits per heavy atom. The standard InChI is InChI=1S/C14H27N3O/c1-11-9-17(5-6-18-11)14(10-15)7-12-3-4-13(8-14)16(12)2/h11-13H,3-10,15H2,1-2H3. The number of piperidine rings is 1. The summed E-state index contributed by atoms with van der Waals surface area (Å²) in [5.74, 6) is 0. The molecule has 4 heteroatoms. The van der Waals surface area contributed by atoms with Crippen molar-refractivity contribution in [3.8, 4) is 0 Å². The monoisotopic (exact) mass is 253 g/mol. The third kappa shape index (κ3) is 1.99. The summed E-state index contributed by atoms with van der Waals surface area (Å²) in [7, 11) is 2.30. The molecule has 104 valence electrons. The van der Waals surface area contributed by atoms with Crippen LogP contribution in [0.15, 0.2) is 0 Å². The Hall–Kier alpha value is -0.160. The van der Waals surface area contributed by atoms with Gasteiger partial charge in [0.1, 0.15) is 0 Å². The van der Waals surface area contributed by atoms with Crippen molar-refractivity contribution in [3.63, 3.8) is 0 Å². The van der Waals surface area contributed by atoms with Crippen LogP contribution < -0.4 is 5.73 Å². The van der Waals surface area contributed by atoms with E-state index in [1.165, 1.54) is 25.7 Å². The minimum absolute atomic E-state index is 0.246. The number of rotatable bonds is 2. The highest BCUT2D eigenvalue weighted by atomic mass is 16.5. The van der Waals surface area contributed by atoms with E-state index in [0.29, 0.717) is 6.10 Å². The molecule has 18 heavy (non-hydrogen) atoms. The highest BCUT2D eigenvalue weighted by Gasteiger charge is 2.49. The topological polar surface area (TPSA) is 41.7 Å². The van der Waals surface area contributed by atoms with Gasteiger partial charge in [-0.3, -0.25) is 4.90 Å². The number of hydrogen-bond donors (Lipinski definition) is 1. The Morgan fingerprint density at radius 2 is 1.94 bits per heavy atom. The molecule has 0 amide bonds. The molecule has 4 nitrogen and oxygen atoms in total. The van der Waals surface area contributed by atoms with Gasteiger partial charge in [-0.1, -0.05) is 0 Å². The Labute approximate surface area is 110 Å². The smallest absolute Gasteiger partial charge is 0.0674 e. The summed E-state index contributed by atoms with van der Waals surface area (Å²) in [5, 5.41) is 0. The maximum atomic E-state index is 6.21. The second kappa shape index (κ2) is 4.75. The van der Waals surface area contributed by atoms with Crippen LogP contribution in [0.1, 0.15) is 32.6 Å². The van der Waals surface area contributed by atoms with E-state index in [1.807, 2.05) is 0 Å². The molecule has 3 aliphatic heterocycles. The molecule has 3 fully saturated rings. The second-order valence-electron chi connectivity index (χ2n) is 6.51. The van der Waals surface area contributed by atoms with Crippen LogP contribution in [0.5, 0.6) is 0 Å². The number of fused-ring (bicyclic) bond motifs is 2. The first-order valence-corrected chi connectivity index (χ1v) is 7.43. The van der Waals surface area contributed by atoms with Crippen LogP contribution in [0.4, 0.5) is 0 Å². The first-order chi connectivity index (χ1) is 8.64. The van der Waals surface area contributed by atoms with E-state index in [9.17, 15) is 0 Å². The summed E-state index contributed by atoms with van der Waals surface area (Å²) in [6.07, 6.45) is 5.59. The molecule has 0 aromatic carbocycles. The minimum atomic E-state index is 0.246. The lowest BCUT2D eigenvalue weighted by Crippen LogP contribution is -2.64. The Kier molecular flexibility index (Phi) is 3.39. The van der Waals surface area contributed by atoms with Gasteiger partial charge < -0.3 is 15.4 Å². The van der Waals surface area contributed by atoms with Gasteiger partial charge in [0.2, 0.25) is 0 Å². The molecule has 3 rings (SSSR count). The Bertz CT molecular complexity index is 295. The zero-order chi connectivity index (χ0) is 12.8. The average Bonchev–Trinajstić information content (AvgIpc) is 2.62. The van der Waals surface area contributed by atoms with Crippen LogP contribution in [-0.2, 0) is 4.74 Å². The van der Waals surface area contributed by atoms with Crippen LogP contribution in [-0.4, -0.2) is 66.8 Å². The zero-order valence-corrected chi connectivity index (χ0v) is 11.8. The van der Waals surface area contributed by atoms with E-state index in [4.69, 9.17) is 10.5 Å². The number of hydrogen-bond acceptors (Lipinski definition) is 4. The fourth-order valence-corrected chi connectivity index (χ4v) is 4.35. The van der Waals surface area contributed by atoms with Crippen molar-refractivity contribution in [1.29, 1.82) is 0 Å². The third-order valence-corrected chi connectivity index (χ3v) is 5.51. The van der Waals surface area contributed by atoms with Crippen molar-refractivity contribution in [3.05, 3.63) is 0 Å². The van der Waals surface area contributed by atoms with Crippen molar-refractivity contribution in [2.75, 3.05) is 33.3 Å². The van der Waals surface area contributed by atoms with Crippen molar-refractivity contribution in [1.82, 2.24) is 9.80 Å². The van der Waals surface area contributed by atoms with E-state index in [2.05, 4.69) is 23.8 Å². The molecule has 0 aromatic rings. The number of ether oxygens (including phenoxy) is 1. The largest absolute Gasteiger partial charge is 0.376 e. The van der Waals surface area contributed by atoms with E-state index < -0.39 is 0 Å². The normalized spacial score (nSPS) is 46.5. The second-order valence-corrected chi connectivity index (χ2v) is 6.51. The molecule has 0 aromatic heterocycles. The highest BCUT2D eigenvalue weighted by molar-refractivity contribution is 5.07. The van der Waals surface area contributed by atoms with Gasteiger partial charge in [-0.25, -0.2) is 0 Å². The number of morpholine rings is 1. The molecule has 2 N–H and O–H groups in total. The number of nitrogens with two attached hydrogens (primary N) is 1. The fraction of sp³-hybridized carbons (Fsp3) is 1.00. The maximum absolute atomic E-state index is 6.21. The lowest BCUT2D eigenvalue weighted by Gasteiger charge is -2.52. The molecule has 0 radical (unpaired) electrons. The van der Waals surface area contributed by atoms with E-state index in [1.54, 1.807) is 0 Å². The van der Waals surface area contributed by atoms with Crippen LogP contribution >= 0.6 is 0 Å². The quantitative estimate of drug-likeness (QED) is 0.785. The Morgan fingerprint density at radius 3 is 2.50 bits per heavy atom. The van der Waals surface area contributed by atoms with Crippen molar-refractivity contribution in [2.24, 2.45) is 5.73 Å². The van der Waals surface area contributed by atoms with E-state index in [-0.39, 0.29) is 5.54 Å². The lowest BCUT2D eigenvalue weighted by atomic mass is 9.81. The molecule has 3 heterocycles. The third-order valence-electron chi connectivity index (χ3n) is 5.51. The SMILES string of the molecule is CC1CN(C2(CN)CC3CCC(C2)N3C)CCO1. The summed E-state index contributed by atoms with van der Waals surface area (Å²) < 4.78 is 5.69. The first kappa shape index (κ1) is 12.9. The first-order valence-electron chi connectivity index (χ1n) is 7.43. The van der Waals surface area contributed by atoms with Gasteiger partial charge in [-0.2, -0.15) is 0 Å². The molecule has 0 aliphatic carbocycles. The van der Waals surface area contributed by atoms with Crippen molar-refractivity contribution < 1.29 is 4.74 Å². The number of nitrogens with zero attached hydrogens (tertiary/aromatic N) is 2. The van der Waals surface area contributed by atoms with Gasteiger partial charge in [0.25, 0.3) is 0 Å². The van der Waals surface area contributed by atoms with Gasteiger partial charge in [0.05, 0.1) is 12.7 Å². The molecule has 2 bridgehead atoms. The average molecular weight is 253 g/mol. The fourth-order valence-electron chi connectivity index (χ4n) is 4.35. The van der Waals surface area contributed by atoms with Gasteiger partial charge in [-0.15, -0.1) is 0 Å². The molecular formula is C14H27N3O. The van der Waals surface area contributed by atoms with Crippen LogP contribution in [0.2, 0.25) is 0 Å². The van der Waals surface area contributed by atoms with Gasteiger partial charge in [-0.05, 0) is 39.7 Å². The van der Waals surface area contributed by atoms with E-state index in [0.717, 1.165) is 38.3 Å². The summed E-state index contributed by atoms with van der Waals surface area (Å²) in [6.45, 7) is 5.97. The summed E-state index contributed by atoms with van der Waals surface area (Å²) >= 11 is 0. The van der Waals surface area contributed by atoms with Crippen LogP contribution in [0.25, 0.3) is 0 Å². The molecule has 3 saturated heterocycles. The molecule has 3 atom stereocenters. The highest BCUT2D eigenvalue weighted by Crippen LogP contribution is 2.42. The van der Waals surface area contributed by atoms with Crippen molar-refractivity contribution >= 4 is 0 Å². The van der Waals surface area contributed by atoms with Gasteiger partial charge >= 0.3 is 0 Å².